The van der Waals surface area contributed by atoms with Crippen LogP contribution in [0, 0.1) is 23.4 Å². The van der Waals surface area contributed by atoms with E-state index in [0.29, 0.717) is 12.1 Å². The van der Waals surface area contributed by atoms with E-state index in [4.69, 9.17) is 14.5 Å². The van der Waals surface area contributed by atoms with Crippen LogP contribution in [0.4, 0.5) is 18.9 Å². The Kier molecular flexibility index (Phi) is 7.13. The zero-order valence-electron chi connectivity index (χ0n) is 18.9. The largest absolute Gasteiger partial charge is 0.489 e. The van der Waals surface area contributed by atoms with Gasteiger partial charge in [-0.3, -0.25) is 14.1 Å². The molecule has 1 aromatic carbocycles. The molecular weight excluding hydrogens is 548 g/mol. The summed E-state index contributed by atoms with van der Waals surface area (Å²) in [5.41, 5.74) is -0.740. The molecule has 2 atom stereocenters. The molecule has 2 amide bonds. The van der Waals surface area contributed by atoms with Crippen LogP contribution in [0.2, 0.25) is 0 Å². The lowest BCUT2D eigenvalue weighted by Crippen LogP contribution is -2.43. The minimum Gasteiger partial charge on any atom is -0.489 e. The topological polar surface area (TPSA) is 176 Å². The number of aromatic nitrogens is 1. The number of fused-ring (bicyclic) bond motifs is 2. The summed E-state index contributed by atoms with van der Waals surface area (Å²) in [5.74, 6) is -7.57. The van der Waals surface area contributed by atoms with E-state index in [9.17, 15) is 35.7 Å². The molecule has 3 heterocycles. The quantitative estimate of drug-likeness (QED) is 0.292. The number of amides is 2. The van der Waals surface area contributed by atoms with Crippen LogP contribution in [0.1, 0.15) is 10.5 Å². The standard InChI is InChI=1S/C19H20F3N4O9PS/c1-25-6-14-18(17(25)19(28)23-10-2-11(20)16(22)12(21)3-10)34-7-9-4-26(5-13(9)24-37(14,32)33)15(27)8-35-36(29,30)31/h2-3,6,9,13,24H,4-5,7-8H2,1H3,(H,23,28)(H2,29,30,31)/t9-,13-/m1/s1. The van der Waals surface area contributed by atoms with E-state index in [1.54, 1.807) is 0 Å². The number of likely N-dealkylation sites (tertiary alicyclic amines) is 1. The molecule has 0 bridgehead atoms. The van der Waals surface area contributed by atoms with Gasteiger partial charge in [-0.05, 0) is 0 Å². The molecule has 0 unspecified atom stereocenters. The number of hydrogen-bond acceptors (Lipinski definition) is 7. The van der Waals surface area contributed by atoms with Crippen LogP contribution in [-0.2, 0) is 31.0 Å². The van der Waals surface area contributed by atoms with Gasteiger partial charge in [-0.15, -0.1) is 0 Å². The van der Waals surface area contributed by atoms with Gasteiger partial charge in [-0.2, -0.15) is 0 Å². The third kappa shape index (κ3) is 5.66. The summed E-state index contributed by atoms with van der Waals surface area (Å²) in [6.07, 6.45) is 1.09. The molecule has 2 aliphatic rings. The van der Waals surface area contributed by atoms with Gasteiger partial charge in [0, 0.05) is 56.1 Å². The van der Waals surface area contributed by atoms with Gasteiger partial charge in [0.05, 0.1) is 6.61 Å². The van der Waals surface area contributed by atoms with Gasteiger partial charge in [-0.25, -0.2) is 30.9 Å². The molecule has 13 nitrogen and oxygen atoms in total. The molecular formula is C19H20F3N4O9PS. The van der Waals surface area contributed by atoms with Crippen molar-refractivity contribution in [1.29, 1.82) is 0 Å². The minimum atomic E-state index is -4.90. The first-order valence-electron chi connectivity index (χ1n) is 10.4. The summed E-state index contributed by atoms with van der Waals surface area (Å²) in [7, 11) is -7.86. The molecule has 18 heteroatoms. The number of benzene rings is 1. The fraction of sp³-hybridized carbons (Fsp3) is 0.368. The molecule has 202 valence electrons. The van der Waals surface area contributed by atoms with Crippen molar-refractivity contribution in [3.63, 3.8) is 0 Å². The smallest absolute Gasteiger partial charge is 0.470 e. The molecule has 2 aromatic rings. The van der Waals surface area contributed by atoms with E-state index < -0.39 is 76.3 Å². The van der Waals surface area contributed by atoms with Crippen molar-refractivity contribution in [2.45, 2.75) is 10.9 Å². The number of ether oxygens (including phenoxy) is 1. The molecule has 0 saturated carbocycles. The van der Waals surface area contributed by atoms with Crippen molar-refractivity contribution in [3.8, 4) is 5.75 Å². The van der Waals surface area contributed by atoms with Crippen LogP contribution in [0.15, 0.2) is 23.2 Å². The van der Waals surface area contributed by atoms with Gasteiger partial charge in [0.1, 0.15) is 11.5 Å². The summed E-state index contributed by atoms with van der Waals surface area (Å²) in [4.78, 5) is 43.5. The average Bonchev–Trinajstić information content (AvgIpc) is 3.33. The first-order valence-corrected chi connectivity index (χ1v) is 13.5. The Bertz CT molecular complexity index is 1400. The Labute approximate surface area is 207 Å². The van der Waals surface area contributed by atoms with Crippen molar-refractivity contribution in [3.05, 3.63) is 41.5 Å². The molecule has 37 heavy (non-hydrogen) atoms. The van der Waals surface area contributed by atoms with Gasteiger partial charge in [-0.1, -0.05) is 0 Å². The number of phosphoric acid groups is 1. The molecule has 2 aliphatic heterocycles. The first kappa shape index (κ1) is 27.1. The Morgan fingerprint density at radius 1 is 1.24 bits per heavy atom. The summed E-state index contributed by atoms with van der Waals surface area (Å²) in [6, 6.07) is 0.278. The molecule has 4 N–H and O–H groups in total. The molecule has 1 aromatic heterocycles. The van der Waals surface area contributed by atoms with Gasteiger partial charge < -0.3 is 29.3 Å². The number of phosphoric ester groups is 1. The number of carbonyl (C=O) groups is 2. The highest BCUT2D eigenvalue weighted by Crippen LogP contribution is 2.37. The maximum atomic E-state index is 13.5. The number of halogens is 3. The molecule has 1 saturated heterocycles. The van der Waals surface area contributed by atoms with E-state index in [1.165, 1.54) is 7.05 Å². The van der Waals surface area contributed by atoms with Gasteiger partial charge in [0.25, 0.3) is 5.91 Å². The van der Waals surface area contributed by atoms with Crippen molar-refractivity contribution < 1.29 is 54.8 Å². The van der Waals surface area contributed by atoms with E-state index in [0.717, 1.165) is 15.7 Å². The van der Waals surface area contributed by atoms with Gasteiger partial charge >= 0.3 is 7.82 Å². The van der Waals surface area contributed by atoms with Crippen LogP contribution in [-0.4, -0.2) is 71.8 Å². The fourth-order valence-electron chi connectivity index (χ4n) is 4.05. The number of rotatable bonds is 5. The predicted octanol–water partition coefficient (Wildman–Crippen LogP) is 0.302. The zero-order valence-corrected chi connectivity index (χ0v) is 20.6. The van der Waals surface area contributed by atoms with Gasteiger partial charge in [0.15, 0.2) is 28.9 Å². The maximum Gasteiger partial charge on any atom is 0.470 e. The van der Waals surface area contributed by atoms with Crippen LogP contribution in [0.3, 0.4) is 0 Å². The van der Waals surface area contributed by atoms with E-state index in [2.05, 4.69) is 14.6 Å². The molecule has 0 aliphatic carbocycles. The number of hydrogen-bond donors (Lipinski definition) is 4. The van der Waals surface area contributed by atoms with Crippen molar-refractivity contribution in [2.75, 3.05) is 31.6 Å². The molecule has 0 spiro atoms. The number of nitrogens with zero attached hydrogens (tertiary/aromatic N) is 2. The number of nitrogens with one attached hydrogen (secondary N) is 2. The molecule has 4 rings (SSSR count). The summed E-state index contributed by atoms with van der Waals surface area (Å²) >= 11 is 0. The van der Waals surface area contributed by atoms with Crippen LogP contribution in [0.5, 0.6) is 5.75 Å². The van der Waals surface area contributed by atoms with Crippen molar-refractivity contribution in [1.82, 2.24) is 14.2 Å². The fourth-order valence-corrected chi connectivity index (χ4v) is 5.82. The number of carbonyl (C=O) groups excluding carboxylic acids is 2. The lowest BCUT2D eigenvalue weighted by Gasteiger charge is -2.23. The second kappa shape index (κ2) is 9.74. The summed E-state index contributed by atoms with van der Waals surface area (Å²) in [6.45, 7) is -1.27. The SMILES string of the molecule is Cn1cc2c(c1C(=O)Nc1cc(F)c(F)c(F)c1)OC[C@H]1CN(C(=O)COP(=O)(O)O)C[C@H]1NS2(=O)=O. The normalized spacial score (nSPS) is 20.9. The highest BCUT2D eigenvalue weighted by atomic mass is 32.2. The predicted molar refractivity (Wildman–Crippen MR) is 117 cm³/mol. The Morgan fingerprint density at radius 3 is 2.51 bits per heavy atom. The minimum absolute atomic E-state index is 0.0473. The van der Waals surface area contributed by atoms with Crippen LogP contribution >= 0.6 is 7.82 Å². The third-order valence-electron chi connectivity index (χ3n) is 5.75. The second-order valence-corrected chi connectivity index (χ2v) is 11.3. The average molecular weight is 568 g/mol. The Hall–Kier alpha value is -2.95. The van der Waals surface area contributed by atoms with Crippen LogP contribution < -0.4 is 14.8 Å². The number of sulfonamides is 1. The van der Waals surface area contributed by atoms with Gasteiger partial charge in [0.2, 0.25) is 15.9 Å². The van der Waals surface area contributed by atoms with E-state index in [1.807, 2.05) is 0 Å². The summed E-state index contributed by atoms with van der Waals surface area (Å²) < 4.78 is 90.8. The molecule has 0 radical (unpaired) electrons. The molecule has 1 fully saturated rings. The Morgan fingerprint density at radius 2 is 1.89 bits per heavy atom. The monoisotopic (exact) mass is 568 g/mol. The summed E-state index contributed by atoms with van der Waals surface area (Å²) in [5, 5.41) is 2.17. The number of anilines is 1. The highest BCUT2D eigenvalue weighted by molar-refractivity contribution is 7.89. The number of aryl methyl sites for hydroxylation is 1. The Balaban J connectivity index is 1.57. The van der Waals surface area contributed by atoms with E-state index in [-0.39, 0.29) is 31.1 Å². The lowest BCUT2D eigenvalue weighted by atomic mass is 10.1. The van der Waals surface area contributed by atoms with E-state index >= 15 is 0 Å². The van der Waals surface area contributed by atoms with Crippen molar-refractivity contribution >= 4 is 35.3 Å². The van der Waals surface area contributed by atoms with Crippen LogP contribution in [0.25, 0.3) is 0 Å². The third-order valence-corrected chi connectivity index (χ3v) is 7.70. The zero-order chi connectivity index (χ0) is 27.3. The van der Waals surface area contributed by atoms with Crippen molar-refractivity contribution in [2.24, 2.45) is 13.0 Å². The second-order valence-electron chi connectivity index (χ2n) is 8.35. The maximum absolute atomic E-state index is 13.5. The highest BCUT2D eigenvalue weighted by Gasteiger charge is 2.42. The lowest BCUT2D eigenvalue weighted by molar-refractivity contribution is -0.133. The first-order chi connectivity index (χ1) is 17.2.